The number of aryl methyl sites for hydroxylation is 1. The number of benzene rings is 2. The van der Waals surface area contributed by atoms with Gasteiger partial charge in [-0.1, -0.05) is 18.2 Å². The maximum absolute atomic E-state index is 10.8. The number of pyridine rings is 1. The van der Waals surface area contributed by atoms with Crippen LogP contribution in [0.2, 0.25) is 0 Å². The first kappa shape index (κ1) is 18.0. The van der Waals surface area contributed by atoms with Crippen molar-refractivity contribution in [3.05, 3.63) is 77.5 Å². The second-order valence-electron chi connectivity index (χ2n) is 6.69. The number of para-hydroxylation sites is 1. The van der Waals surface area contributed by atoms with Crippen LogP contribution in [0.4, 0.5) is 0 Å². The fraction of sp³-hybridized carbons (Fsp3) is 0.182. The zero-order valence-corrected chi connectivity index (χ0v) is 15.4. The van der Waals surface area contributed by atoms with Crippen LogP contribution >= 0.6 is 0 Å². The van der Waals surface area contributed by atoms with E-state index in [4.69, 9.17) is 14.7 Å². The number of carboxylic acid groups (broad SMARTS) is 1. The molecule has 1 atom stereocenters. The zero-order chi connectivity index (χ0) is 19.5. The first-order chi connectivity index (χ1) is 13.6. The second-order valence-corrected chi connectivity index (χ2v) is 6.69. The Morgan fingerprint density at radius 1 is 1.21 bits per heavy atom. The molecule has 2 N–H and O–H groups in total. The average molecular weight is 376 g/mol. The molecule has 0 saturated carbocycles. The number of hydroxylamine groups is 1. The Morgan fingerprint density at radius 3 is 2.79 bits per heavy atom. The summed E-state index contributed by atoms with van der Waals surface area (Å²) in [6, 6.07) is 17.7. The summed E-state index contributed by atoms with van der Waals surface area (Å²) in [5, 5.41) is 9.94. The second kappa shape index (κ2) is 7.70. The Labute approximate surface area is 162 Å². The topological polar surface area (TPSA) is 80.7 Å². The molecule has 0 bridgehead atoms. The summed E-state index contributed by atoms with van der Waals surface area (Å²) < 4.78 is 5.97. The van der Waals surface area contributed by atoms with Crippen molar-refractivity contribution in [3.8, 4) is 5.75 Å². The number of rotatable bonds is 6. The smallest absolute Gasteiger partial charge is 0.306 e. The van der Waals surface area contributed by atoms with Gasteiger partial charge in [-0.2, -0.15) is 0 Å². The monoisotopic (exact) mass is 376 g/mol. The Balaban J connectivity index is 1.45. The molecule has 0 radical (unpaired) electrons. The van der Waals surface area contributed by atoms with Crippen LogP contribution in [0.25, 0.3) is 16.6 Å². The minimum atomic E-state index is -0.896. The average Bonchev–Trinajstić information content (AvgIpc) is 3.14. The van der Waals surface area contributed by atoms with Crippen molar-refractivity contribution in [1.82, 2.24) is 10.5 Å². The predicted octanol–water partition coefficient (Wildman–Crippen LogP) is 3.84. The normalized spacial score (nSPS) is 15.9. The molecule has 0 aliphatic carbocycles. The number of hydrogen-bond donors (Lipinski definition) is 2. The van der Waals surface area contributed by atoms with Crippen LogP contribution in [-0.2, 0) is 16.2 Å². The van der Waals surface area contributed by atoms with E-state index in [0.717, 1.165) is 39.2 Å². The van der Waals surface area contributed by atoms with E-state index in [0.29, 0.717) is 6.61 Å². The van der Waals surface area contributed by atoms with Crippen molar-refractivity contribution in [3.63, 3.8) is 0 Å². The van der Waals surface area contributed by atoms with E-state index in [1.165, 1.54) is 0 Å². The SMILES string of the molecule is Cc1cc(COc2ccc(C3=CC(CC(=O)O)ON3)cc2)c2ccccc2n1. The quantitative estimate of drug-likeness (QED) is 0.680. The van der Waals surface area contributed by atoms with Crippen LogP contribution in [0.3, 0.4) is 0 Å². The van der Waals surface area contributed by atoms with Crippen LogP contribution in [0.15, 0.2) is 60.7 Å². The number of fused-ring (bicyclic) bond motifs is 1. The maximum Gasteiger partial charge on any atom is 0.306 e. The molecule has 1 aliphatic rings. The minimum Gasteiger partial charge on any atom is -0.489 e. The van der Waals surface area contributed by atoms with Gasteiger partial charge in [0.2, 0.25) is 0 Å². The number of nitrogens with zero attached hydrogens (tertiary/aromatic N) is 1. The van der Waals surface area contributed by atoms with Gasteiger partial charge in [0.25, 0.3) is 0 Å². The third kappa shape index (κ3) is 3.97. The Morgan fingerprint density at radius 2 is 2.00 bits per heavy atom. The number of nitrogens with one attached hydrogen (secondary N) is 1. The van der Waals surface area contributed by atoms with Gasteiger partial charge < -0.3 is 9.84 Å². The molecule has 6 nitrogen and oxygen atoms in total. The van der Waals surface area contributed by atoms with E-state index in [9.17, 15) is 4.79 Å². The number of aliphatic carboxylic acids is 1. The van der Waals surface area contributed by atoms with Crippen molar-refractivity contribution in [2.24, 2.45) is 0 Å². The fourth-order valence-corrected chi connectivity index (χ4v) is 3.23. The lowest BCUT2D eigenvalue weighted by Gasteiger charge is -2.11. The molecule has 0 saturated heterocycles. The summed E-state index contributed by atoms with van der Waals surface area (Å²) in [7, 11) is 0. The summed E-state index contributed by atoms with van der Waals surface area (Å²) >= 11 is 0. The van der Waals surface area contributed by atoms with E-state index in [1.54, 1.807) is 6.08 Å². The molecule has 28 heavy (non-hydrogen) atoms. The van der Waals surface area contributed by atoms with Gasteiger partial charge in [-0.3, -0.25) is 20.1 Å². The molecule has 142 valence electrons. The minimum absolute atomic E-state index is 0.0724. The van der Waals surface area contributed by atoms with Crippen LogP contribution in [0.1, 0.15) is 23.2 Å². The summed E-state index contributed by atoms with van der Waals surface area (Å²) in [6.45, 7) is 2.43. The highest BCUT2D eigenvalue weighted by Crippen LogP contribution is 2.24. The number of carboxylic acids is 1. The van der Waals surface area contributed by atoms with Gasteiger partial charge in [-0.05, 0) is 55.0 Å². The highest BCUT2D eigenvalue weighted by atomic mass is 16.7. The van der Waals surface area contributed by atoms with Gasteiger partial charge in [-0.15, -0.1) is 0 Å². The lowest BCUT2D eigenvalue weighted by Crippen LogP contribution is -2.15. The molecule has 0 fully saturated rings. The first-order valence-electron chi connectivity index (χ1n) is 9.02. The Kier molecular flexibility index (Phi) is 4.95. The van der Waals surface area contributed by atoms with Crippen molar-refractivity contribution in [1.29, 1.82) is 0 Å². The molecule has 1 unspecified atom stereocenters. The molecule has 6 heteroatoms. The molecule has 0 amide bonds. The first-order valence-corrected chi connectivity index (χ1v) is 9.02. The summed E-state index contributed by atoms with van der Waals surface area (Å²) in [4.78, 5) is 20.6. The van der Waals surface area contributed by atoms with Crippen molar-refractivity contribution < 1.29 is 19.5 Å². The van der Waals surface area contributed by atoms with Crippen LogP contribution < -0.4 is 10.2 Å². The largest absolute Gasteiger partial charge is 0.489 e. The van der Waals surface area contributed by atoms with Crippen LogP contribution in [0, 0.1) is 6.92 Å². The molecule has 2 aromatic carbocycles. The zero-order valence-electron chi connectivity index (χ0n) is 15.4. The maximum atomic E-state index is 10.8. The molecule has 0 spiro atoms. The summed E-state index contributed by atoms with van der Waals surface area (Å²) in [5.74, 6) is -0.143. The van der Waals surface area contributed by atoms with Gasteiger partial charge >= 0.3 is 5.97 Å². The van der Waals surface area contributed by atoms with Gasteiger partial charge in [0.15, 0.2) is 0 Å². The fourth-order valence-electron chi connectivity index (χ4n) is 3.23. The molecular weight excluding hydrogens is 356 g/mol. The molecule has 1 aliphatic heterocycles. The van der Waals surface area contributed by atoms with E-state index >= 15 is 0 Å². The lowest BCUT2D eigenvalue weighted by molar-refractivity contribution is -0.139. The van der Waals surface area contributed by atoms with E-state index in [-0.39, 0.29) is 6.42 Å². The van der Waals surface area contributed by atoms with Crippen molar-refractivity contribution in [2.45, 2.75) is 26.1 Å². The number of carbonyl (C=O) groups is 1. The molecule has 1 aromatic heterocycles. The van der Waals surface area contributed by atoms with Gasteiger partial charge in [0, 0.05) is 16.6 Å². The van der Waals surface area contributed by atoms with E-state index < -0.39 is 12.1 Å². The van der Waals surface area contributed by atoms with Gasteiger partial charge in [-0.25, -0.2) is 0 Å². The lowest BCUT2D eigenvalue weighted by atomic mass is 10.1. The van der Waals surface area contributed by atoms with Crippen molar-refractivity contribution in [2.75, 3.05) is 0 Å². The molecule has 2 heterocycles. The molecule has 3 aromatic rings. The highest BCUT2D eigenvalue weighted by Gasteiger charge is 2.20. The highest BCUT2D eigenvalue weighted by molar-refractivity contribution is 5.82. The summed E-state index contributed by atoms with van der Waals surface area (Å²) in [5.41, 5.74) is 7.47. The number of aromatic nitrogens is 1. The predicted molar refractivity (Wildman–Crippen MR) is 105 cm³/mol. The standard InChI is InChI=1S/C22H20N2O4/c1-14-10-16(19-4-2-3-5-20(19)23-14)13-27-17-8-6-15(7-9-17)21-11-18(28-24-21)12-22(25)26/h2-11,18,24H,12-13H2,1H3,(H,25,26). The Bertz CT molecular complexity index is 1040. The summed E-state index contributed by atoms with van der Waals surface area (Å²) in [6.07, 6.45) is 1.24. The number of hydrogen-bond acceptors (Lipinski definition) is 5. The third-order valence-electron chi connectivity index (χ3n) is 4.54. The van der Waals surface area contributed by atoms with E-state index in [1.807, 2.05) is 55.5 Å². The van der Waals surface area contributed by atoms with Crippen LogP contribution in [-0.4, -0.2) is 22.2 Å². The van der Waals surface area contributed by atoms with Gasteiger partial charge in [0.05, 0.1) is 17.6 Å². The molecule has 4 rings (SSSR count). The van der Waals surface area contributed by atoms with Crippen molar-refractivity contribution >= 4 is 22.6 Å². The Hall–Kier alpha value is -3.38. The van der Waals surface area contributed by atoms with Crippen LogP contribution in [0.5, 0.6) is 5.75 Å². The third-order valence-corrected chi connectivity index (χ3v) is 4.54. The molecular formula is C22H20N2O4. The van der Waals surface area contributed by atoms with E-state index in [2.05, 4.69) is 16.5 Å². The van der Waals surface area contributed by atoms with Gasteiger partial charge in [0.1, 0.15) is 18.5 Å². The number of ether oxygens (including phenoxy) is 1.